The number of esters is 3. The van der Waals surface area contributed by atoms with Crippen molar-refractivity contribution in [2.45, 2.75) is 303 Å². The van der Waals surface area contributed by atoms with Gasteiger partial charge in [0.1, 0.15) is 12.7 Å². The molecule has 76 heavy (non-hydrogen) atoms. The topological polar surface area (TPSA) is 155 Å². The zero-order valence-corrected chi connectivity index (χ0v) is 49.9. The van der Waals surface area contributed by atoms with Crippen LogP contribution in [0.4, 0.5) is 0 Å². The molecule has 12 heteroatoms. The molecule has 0 aliphatic carbocycles. The summed E-state index contributed by atoms with van der Waals surface area (Å²) in [6.07, 6.45) is 64.7. The van der Waals surface area contributed by atoms with E-state index >= 15 is 0 Å². The molecule has 0 aliphatic heterocycles. The lowest BCUT2D eigenvalue weighted by Gasteiger charge is -2.21. The van der Waals surface area contributed by atoms with Crippen LogP contribution in [0.25, 0.3) is 0 Å². The Morgan fingerprint density at radius 3 is 1.04 bits per heavy atom. The van der Waals surface area contributed by atoms with Crippen molar-refractivity contribution in [3.63, 3.8) is 0 Å². The quantitative estimate of drug-likeness (QED) is 0.0197. The molecule has 2 N–H and O–H groups in total. The van der Waals surface area contributed by atoms with Gasteiger partial charge in [0, 0.05) is 19.3 Å². The van der Waals surface area contributed by atoms with Gasteiger partial charge in [0.05, 0.1) is 19.8 Å². The van der Waals surface area contributed by atoms with Gasteiger partial charge < -0.3 is 24.2 Å². The summed E-state index contributed by atoms with van der Waals surface area (Å²) in [6, 6.07) is 0. The number of carbonyl (C=O) groups excluding carboxylic acids is 3. The van der Waals surface area contributed by atoms with Crippen LogP contribution in [-0.2, 0) is 42.2 Å². The largest absolute Gasteiger partial charge is 0.472 e. The lowest BCUT2D eigenvalue weighted by atomic mass is 10.0. The van der Waals surface area contributed by atoms with Gasteiger partial charge in [-0.05, 0) is 57.8 Å². The lowest BCUT2D eigenvalue weighted by molar-refractivity contribution is -0.161. The summed E-state index contributed by atoms with van der Waals surface area (Å²) in [6.45, 7) is 4.52. The van der Waals surface area contributed by atoms with Crippen molar-refractivity contribution in [1.82, 2.24) is 0 Å². The van der Waals surface area contributed by atoms with Gasteiger partial charge >= 0.3 is 25.7 Å². The summed E-state index contributed by atoms with van der Waals surface area (Å²) in [5, 5.41) is 9.83. The fraction of sp³-hybridized carbons (Fsp3) is 0.797. The molecule has 442 valence electrons. The SMILES string of the molecule is CC/C=C\C/C=C\C/C=C\C/C=C\C/C=C\CCCC(=O)OCC(COP(=O)(O)OCC(CO)OC(=O)CCCCCCCCCCCCCCC)OC(=O)CCCCCCCCCCCCCCCCCCCCC. The number of rotatable bonds is 58. The van der Waals surface area contributed by atoms with Gasteiger partial charge in [0.25, 0.3) is 0 Å². The van der Waals surface area contributed by atoms with Gasteiger partial charge in [-0.3, -0.25) is 23.4 Å². The minimum absolute atomic E-state index is 0.150. The Balaban J connectivity index is 4.75. The van der Waals surface area contributed by atoms with E-state index in [9.17, 15) is 28.9 Å². The number of allylic oxidation sites excluding steroid dienone is 10. The zero-order valence-electron chi connectivity index (χ0n) is 49.0. The van der Waals surface area contributed by atoms with Crippen molar-refractivity contribution in [3.8, 4) is 0 Å². The first-order valence-electron chi connectivity index (χ1n) is 31.2. The third-order valence-corrected chi connectivity index (χ3v) is 14.4. The van der Waals surface area contributed by atoms with E-state index in [1.165, 1.54) is 154 Å². The molecule has 0 aromatic heterocycles. The van der Waals surface area contributed by atoms with E-state index in [-0.39, 0.29) is 25.9 Å². The van der Waals surface area contributed by atoms with E-state index in [1.54, 1.807) is 0 Å². The molecule has 0 saturated carbocycles. The molecule has 0 rings (SSSR count). The number of ether oxygens (including phenoxy) is 3. The first kappa shape index (κ1) is 73.2. The molecule has 0 amide bonds. The van der Waals surface area contributed by atoms with Crippen molar-refractivity contribution in [2.75, 3.05) is 26.4 Å². The Kier molecular flexibility index (Phi) is 56.2. The van der Waals surface area contributed by atoms with Crippen LogP contribution in [0.15, 0.2) is 60.8 Å². The maximum atomic E-state index is 12.9. The van der Waals surface area contributed by atoms with Crippen molar-refractivity contribution in [3.05, 3.63) is 60.8 Å². The molecule has 0 fully saturated rings. The summed E-state index contributed by atoms with van der Waals surface area (Å²) in [4.78, 5) is 48.6. The number of phosphoric acid groups is 1. The summed E-state index contributed by atoms with van der Waals surface area (Å²) in [7, 11) is -4.76. The highest BCUT2D eigenvalue weighted by Crippen LogP contribution is 2.43. The number of phosphoric ester groups is 1. The molecule has 11 nitrogen and oxygen atoms in total. The summed E-state index contributed by atoms with van der Waals surface area (Å²) in [5.41, 5.74) is 0. The lowest BCUT2D eigenvalue weighted by Crippen LogP contribution is -2.30. The summed E-state index contributed by atoms with van der Waals surface area (Å²) >= 11 is 0. The van der Waals surface area contributed by atoms with E-state index in [0.717, 1.165) is 70.6 Å². The monoisotopic (exact) mass is 1090 g/mol. The third-order valence-electron chi connectivity index (χ3n) is 13.5. The van der Waals surface area contributed by atoms with Crippen LogP contribution >= 0.6 is 7.82 Å². The third kappa shape index (κ3) is 55.9. The van der Waals surface area contributed by atoms with E-state index < -0.39 is 57.8 Å². The molecule has 3 atom stereocenters. The van der Waals surface area contributed by atoms with Crippen LogP contribution in [0.2, 0.25) is 0 Å². The fourth-order valence-corrected chi connectivity index (χ4v) is 9.53. The highest BCUT2D eigenvalue weighted by atomic mass is 31.2. The second-order valence-corrected chi connectivity index (χ2v) is 22.3. The van der Waals surface area contributed by atoms with E-state index in [4.69, 9.17) is 23.3 Å². The number of hydrogen-bond acceptors (Lipinski definition) is 10. The van der Waals surface area contributed by atoms with Gasteiger partial charge in [-0.2, -0.15) is 0 Å². The van der Waals surface area contributed by atoms with Gasteiger partial charge in [0.15, 0.2) is 6.10 Å². The van der Waals surface area contributed by atoms with Gasteiger partial charge in [0.2, 0.25) is 0 Å². The summed E-state index contributed by atoms with van der Waals surface area (Å²) in [5.74, 6) is -1.52. The van der Waals surface area contributed by atoms with E-state index in [0.29, 0.717) is 25.7 Å². The number of unbranched alkanes of at least 4 members (excludes halogenated alkanes) is 31. The predicted molar refractivity (Wildman–Crippen MR) is 316 cm³/mol. The number of aliphatic hydroxyl groups is 1. The van der Waals surface area contributed by atoms with Crippen molar-refractivity contribution in [1.29, 1.82) is 0 Å². The number of hydrogen-bond donors (Lipinski definition) is 2. The molecule has 0 heterocycles. The Bertz CT molecular complexity index is 1510. The molecule has 0 saturated heterocycles. The highest BCUT2D eigenvalue weighted by molar-refractivity contribution is 7.47. The van der Waals surface area contributed by atoms with Gasteiger partial charge in [-0.1, -0.05) is 274 Å². The van der Waals surface area contributed by atoms with Crippen molar-refractivity contribution < 1.29 is 52.2 Å². The van der Waals surface area contributed by atoms with Gasteiger partial charge in [-0.25, -0.2) is 4.57 Å². The molecule has 0 spiro atoms. The fourth-order valence-electron chi connectivity index (χ4n) is 8.75. The maximum Gasteiger partial charge on any atom is 0.472 e. The average molecular weight is 1090 g/mol. The van der Waals surface area contributed by atoms with Gasteiger partial charge in [-0.15, -0.1) is 0 Å². The highest BCUT2D eigenvalue weighted by Gasteiger charge is 2.28. The van der Waals surface area contributed by atoms with Crippen LogP contribution < -0.4 is 0 Å². The van der Waals surface area contributed by atoms with Crippen LogP contribution in [0.1, 0.15) is 290 Å². The normalized spacial score (nSPS) is 13.7. The second kappa shape index (κ2) is 58.3. The first-order valence-corrected chi connectivity index (χ1v) is 32.7. The Hall–Kier alpha value is -2.82. The average Bonchev–Trinajstić information content (AvgIpc) is 3.41. The molecule has 0 radical (unpaired) electrons. The summed E-state index contributed by atoms with van der Waals surface area (Å²) < 4.78 is 39.6. The number of aliphatic hydroxyl groups excluding tert-OH is 1. The molecule has 0 aromatic rings. The molecular weight excluding hydrogens is 976 g/mol. The predicted octanol–water partition coefficient (Wildman–Crippen LogP) is 18.7. The second-order valence-electron chi connectivity index (χ2n) is 20.9. The maximum absolute atomic E-state index is 12.9. The Morgan fingerprint density at radius 2 is 0.684 bits per heavy atom. The molecular formula is C64H115O11P. The van der Waals surface area contributed by atoms with E-state index in [2.05, 4.69) is 75.5 Å². The standard InChI is InChI=1S/C64H115O11P/c1-4-7-10-13-16-19-22-25-27-29-30-32-34-37-40-43-46-49-52-55-64(68)75-61(57-71-62(66)53-50-47-44-41-38-36-33-31-28-26-23-20-17-14-11-8-5-2)59-73-76(69,70)72-58-60(56-65)74-63(67)54-51-48-45-42-39-35-24-21-18-15-12-9-6-3/h8,11,17,20,26,28,33,36,41,44,60-61,65H,4-7,9-10,12-16,18-19,21-25,27,29-32,34-35,37-40,42-43,45-59H2,1-3H3,(H,69,70)/b11-8-,20-17-,28-26-,36-33-,44-41-. The Labute approximate surface area is 465 Å². The van der Waals surface area contributed by atoms with Crippen molar-refractivity contribution in [2.24, 2.45) is 0 Å². The van der Waals surface area contributed by atoms with E-state index in [1.807, 2.05) is 6.08 Å². The smallest absolute Gasteiger partial charge is 0.462 e. The minimum Gasteiger partial charge on any atom is -0.462 e. The van der Waals surface area contributed by atoms with Crippen LogP contribution in [0.3, 0.4) is 0 Å². The molecule has 0 aliphatic rings. The zero-order chi connectivity index (χ0) is 55.5. The molecule has 0 aromatic carbocycles. The van der Waals surface area contributed by atoms with Crippen LogP contribution in [0, 0.1) is 0 Å². The van der Waals surface area contributed by atoms with Crippen LogP contribution in [0.5, 0.6) is 0 Å². The molecule has 0 bridgehead atoms. The minimum atomic E-state index is -4.76. The van der Waals surface area contributed by atoms with Crippen LogP contribution in [-0.4, -0.2) is 66.5 Å². The number of carbonyl (C=O) groups is 3. The first-order chi connectivity index (χ1) is 37.2. The Morgan fingerprint density at radius 1 is 0.382 bits per heavy atom. The molecule has 3 unspecified atom stereocenters. The van der Waals surface area contributed by atoms with Crippen molar-refractivity contribution >= 4 is 25.7 Å².